The van der Waals surface area contributed by atoms with Gasteiger partial charge in [-0.1, -0.05) is 18.2 Å². The molecule has 0 saturated heterocycles. The van der Waals surface area contributed by atoms with Gasteiger partial charge in [0.05, 0.1) is 5.69 Å². The van der Waals surface area contributed by atoms with Crippen molar-refractivity contribution in [2.24, 2.45) is 0 Å². The predicted octanol–water partition coefficient (Wildman–Crippen LogP) is 5.06. The second kappa shape index (κ2) is 5.81. The van der Waals surface area contributed by atoms with E-state index in [1.165, 1.54) is 11.1 Å². The van der Waals surface area contributed by atoms with Crippen LogP contribution in [0.5, 0.6) is 0 Å². The van der Waals surface area contributed by atoms with Gasteiger partial charge < -0.3 is 11.1 Å². The molecule has 1 heterocycles. The Labute approximate surface area is 134 Å². The summed E-state index contributed by atoms with van der Waals surface area (Å²) in [5.41, 5.74) is 13.5. The third-order valence-corrected chi connectivity index (χ3v) is 4.60. The van der Waals surface area contributed by atoms with E-state index < -0.39 is 0 Å². The molecule has 0 aliphatic carbocycles. The minimum Gasteiger partial charge on any atom is -0.398 e. The van der Waals surface area contributed by atoms with Crippen molar-refractivity contribution in [3.8, 4) is 11.3 Å². The summed E-state index contributed by atoms with van der Waals surface area (Å²) in [5, 5.41) is 6.26. The van der Waals surface area contributed by atoms with Crippen LogP contribution in [0.2, 0.25) is 0 Å². The number of nitrogens with one attached hydrogen (secondary N) is 1. The first kappa shape index (κ1) is 14.6. The van der Waals surface area contributed by atoms with Crippen molar-refractivity contribution in [2.45, 2.75) is 20.8 Å². The van der Waals surface area contributed by atoms with Gasteiger partial charge in [0.1, 0.15) is 0 Å². The third-order valence-electron chi connectivity index (χ3n) is 3.84. The number of anilines is 3. The minimum atomic E-state index is 0.788. The Hall–Kier alpha value is -2.33. The zero-order valence-electron chi connectivity index (χ0n) is 13.0. The average Bonchev–Trinajstić information content (AvgIpc) is 2.94. The van der Waals surface area contributed by atoms with Crippen LogP contribution in [0.15, 0.2) is 41.8 Å². The highest BCUT2D eigenvalue weighted by Gasteiger charge is 2.06. The topological polar surface area (TPSA) is 50.9 Å². The van der Waals surface area contributed by atoms with E-state index in [-0.39, 0.29) is 0 Å². The van der Waals surface area contributed by atoms with Crippen molar-refractivity contribution in [1.29, 1.82) is 0 Å². The summed E-state index contributed by atoms with van der Waals surface area (Å²) >= 11 is 1.60. The lowest BCUT2D eigenvalue weighted by Crippen LogP contribution is -1.94. The van der Waals surface area contributed by atoms with E-state index in [2.05, 4.69) is 47.7 Å². The minimum absolute atomic E-state index is 0.788. The summed E-state index contributed by atoms with van der Waals surface area (Å²) < 4.78 is 0. The second-order valence-electron chi connectivity index (χ2n) is 5.53. The van der Waals surface area contributed by atoms with E-state index >= 15 is 0 Å². The molecule has 22 heavy (non-hydrogen) atoms. The predicted molar refractivity (Wildman–Crippen MR) is 95.9 cm³/mol. The fourth-order valence-corrected chi connectivity index (χ4v) is 2.95. The molecule has 0 radical (unpaired) electrons. The number of nitrogen functional groups attached to an aromatic ring is 1. The highest BCUT2D eigenvalue weighted by Crippen LogP contribution is 2.29. The fourth-order valence-electron chi connectivity index (χ4n) is 2.21. The maximum atomic E-state index is 5.94. The molecule has 0 saturated carbocycles. The second-order valence-corrected chi connectivity index (χ2v) is 6.39. The molecule has 0 fully saturated rings. The number of hydrogen-bond donors (Lipinski definition) is 2. The molecule has 3 aromatic rings. The normalized spacial score (nSPS) is 10.7. The van der Waals surface area contributed by atoms with Crippen LogP contribution in [0.1, 0.15) is 16.7 Å². The van der Waals surface area contributed by atoms with Crippen LogP contribution >= 0.6 is 11.3 Å². The fraction of sp³-hybridized carbons (Fsp3) is 0.167. The molecule has 0 bridgehead atoms. The van der Waals surface area contributed by atoms with Crippen LogP contribution in [0.3, 0.4) is 0 Å². The first-order valence-electron chi connectivity index (χ1n) is 7.19. The molecule has 0 spiro atoms. The first-order chi connectivity index (χ1) is 10.5. The molecular weight excluding hydrogens is 290 g/mol. The van der Waals surface area contributed by atoms with E-state index in [4.69, 9.17) is 5.73 Å². The molecule has 0 atom stereocenters. The lowest BCUT2D eigenvalue weighted by Gasteiger charge is -2.06. The molecule has 3 N–H and O–H groups in total. The van der Waals surface area contributed by atoms with Gasteiger partial charge in [-0.3, -0.25) is 0 Å². The van der Waals surface area contributed by atoms with Gasteiger partial charge in [-0.15, -0.1) is 11.3 Å². The van der Waals surface area contributed by atoms with Gasteiger partial charge in [-0.05, 0) is 55.7 Å². The summed E-state index contributed by atoms with van der Waals surface area (Å²) in [6, 6.07) is 12.4. The highest BCUT2D eigenvalue weighted by atomic mass is 32.1. The van der Waals surface area contributed by atoms with Gasteiger partial charge in [-0.2, -0.15) is 0 Å². The average molecular weight is 309 g/mol. The smallest absolute Gasteiger partial charge is 0.187 e. The number of aryl methyl sites for hydroxylation is 3. The quantitative estimate of drug-likeness (QED) is 0.665. The Morgan fingerprint density at radius 3 is 2.45 bits per heavy atom. The van der Waals surface area contributed by atoms with Crippen LogP contribution in [0.4, 0.5) is 16.5 Å². The Kier molecular flexibility index (Phi) is 3.86. The Morgan fingerprint density at radius 1 is 0.955 bits per heavy atom. The van der Waals surface area contributed by atoms with Gasteiger partial charge >= 0.3 is 0 Å². The Morgan fingerprint density at radius 2 is 1.73 bits per heavy atom. The Bertz CT molecular complexity index is 821. The molecule has 112 valence electrons. The lowest BCUT2D eigenvalue weighted by atomic mass is 10.1. The van der Waals surface area contributed by atoms with Crippen LogP contribution in [0.25, 0.3) is 11.3 Å². The summed E-state index contributed by atoms with van der Waals surface area (Å²) in [7, 11) is 0. The molecule has 0 amide bonds. The number of rotatable bonds is 3. The highest BCUT2D eigenvalue weighted by molar-refractivity contribution is 7.14. The Balaban J connectivity index is 1.84. The maximum Gasteiger partial charge on any atom is 0.187 e. The summed E-state index contributed by atoms with van der Waals surface area (Å²) in [6.45, 7) is 6.24. The van der Waals surface area contributed by atoms with Crippen molar-refractivity contribution in [2.75, 3.05) is 11.1 Å². The van der Waals surface area contributed by atoms with Gasteiger partial charge in [0.25, 0.3) is 0 Å². The van der Waals surface area contributed by atoms with Crippen molar-refractivity contribution in [3.05, 3.63) is 58.5 Å². The summed E-state index contributed by atoms with van der Waals surface area (Å²) in [5.74, 6) is 0. The van der Waals surface area contributed by atoms with Crippen LogP contribution < -0.4 is 11.1 Å². The van der Waals surface area contributed by atoms with Gasteiger partial charge in [0.15, 0.2) is 5.13 Å². The maximum absolute atomic E-state index is 5.94. The number of aromatic nitrogens is 1. The van der Waals surface area contributed by atoms with Gasteiger partial charge in [0.2, 0.25) is 0 Å². The van der Waals surface area contributed by atoms with Crippen molar-refractivity contribution < 1.29 is 0 Å². The van der Waals surface area contributed by atoms with Crippen LogP contribution in [0, 0.1) is 20.8 Å². The molecule has 0 unspecified atom stereocenters. The van der Waals surface area contributed by atoms with Crippen LogP contribution in [-0.2, 0) is 0 Å². The zero-order valence-corrected chi connectivity index (χ0v) is 13.8. The molecular formula is C18H19N3S. The first-order valence-corrected chi connectivity index (χ1v) is 8.07. The van der Waals surface area contributed by atoms with Gasteiger partial charge in [0, 0.05) is 22.3 Å². The molecule has 1 aromatic heterocycles. The van der Waals surface area contributed by atoms with Crippen LogP contribution in [-0.4, -0.2) is 4.98 Å². The number of nitrogens with two attached hydrogens (primary N) is 1. The largest absolute Gasteiger partial charge is 0.398 e. The summed E-state index contributed by atoms with van der Waals surface area (Å²) in [6.07, 6.45) is 0. The molecule has 0 aliphatic rings. The molecule has 4 heteroatoms. The monoisotopic (exact) mass is 309 g/mol. The van der Waals surface area contributed by atoms with E-state index in [1.54, 1.807) is 11.3 Å². The zero-order chi connectivity index (χ0) is 15.7. The van der Waals surface area contributed by atoms with Crippen molar-refractivity contribution in [3.63, 3.8) is 0 Å². The third kappa shape index (κ3) is 2.97. The number of thiazole rings is 1. The van der Waals surface area contributed by atoms with E-state index in [0.29, 0.717) is 0 Å². The van der Waals surface area contributed by atoms with Crippen molar-refractivity contribution in [1.82, 2.24) is 4.98 Å². The van der Waals surface area contributed by atoms with E-state index in [9.17, 15) is 0 Å². The standard InChI is InChI=1S/C18H19N3S/c1-11-4-6-14(8-13(11)3)17-10-22-18(21-17)20-15-7-5-12(2)16(19)9-15/h4-10H,19H2,1-3H3,(H,20,21). The molecule has 3 rings (SSSR count). The number of nitrogens with zero attached hydrogens (tertiary/aromatic N) is 1. The number of benzene rings is 2. The molecule has 2 aromatic carbocycles. The van der Waals surface area contributed by atoms with E-state index in [0.717, 1.165) is 33.3 Å². The van der Waals surface area contributed by atoms with Crippen molar-refractivity contribution >= 4 is 27.8 Å². The van der Waals surface area contributed by atoms with E-state index in [1.807, 2.05) is 25.1 Å². The molecule has 3 nitrogen and oxygen atoms in total. The SMILES string of the molecule is Cc1ccc(-c2csc(Nc3ccc(C)c(N)c3)n2)cc1C. The number of hydrogen-bond acceptors (Lipinski definition) is 4. The molecule has 0 aliphatic heterocycles. The lowest BCUT2D eigenvalue weighted by molar-refractivity contribution is 1.32. The van der Waals surface area contributed by atoms with Gasteiger partial charge in [-0.25, -0.2) is 4.98 Å². The summed E-state index contributed by atoms with van der Waals surface area (Å²) in [4.78, 5) is 4.67.